The molecule has 0 bridgehead atoms. The lowest BCUT2D eigenvalue weighted by Crippen LogP contribution is -2.14. The van der Waals surface area contributed by atoms with Gasteiger partial charge in [-0.2, -0.15) is 0 Å². The number of sulfonamides is 1. The zero-order valence-electron chi connectivity index (χ0n) is 14.0. The van der Waals surface area contributed by atoms with Crippen LogP contribution in [0.4, 0.5) is 0 Å². The van der Waals surface area contributed by atoms with Crippen LogP contribution in [0, 0.1) is 0 Å². The summed E-state index contributed by atoms with van der Waals surface area (Å²) in [6.07, 6.45) is 1.81. The van der Waals surface area contributed by atoms with E-state index in [0.29, 0.717) is 16.9 Å². The van der Waals surface area contributed by atoms with Gasteiger partial charge < -0.3 is 19.2 Å². The van der Waals surface area contributed by atoms with Gasteiger partial charge in [0.2, 0.25) is 15.8 Å². The molecule has 1 aromatic heterocycles. The monoisotopic (exact) mass is 362 g/mol. The lowest BCUT2D eigenvalue weighted by molar-refractivity contribution is 0.324. The molecule has 0 atom stereocenters. The molecule has 8 heteroatoms. The number of hydrogen-bond acceptors (Lipinski definition) is 5. The second-order valence-corrected chi connectivity index (χ2v) is 6.87. The van der Waals surface area contributed by atoms with Crippen LogP contribution in [0.25, 0.3) is 22.0 Å². The number of nitrogens with two attached hydrogens (primary N) is 1. The summed E-state index contributed by atoms with van der Waals surface area (Å²) in [6.45, 7) is 0. The molecule has 0 saturated carbocycles. The summed E-state index contributed by atoms with van der Waals surface area (Å²) < 4.78 is 40.5. The SMILES string of the molecule is COc1cc(S(N)(=O)=O)c(-c2ccc3[nH]ccc3c2)c(OC)c1OC. The maximum Gasteiger partial charge on any atom is 0.238 e. The summed E-state index contributed by atoms with van der Waals surface area (Å²) in [5.41, 5.74) is 1.89. The molecule has 3 N–H and O–H groups in total. The Kier molecular flexibility index (Phi) is 4.32. The topological polar surface area (TPSA) is 104 Å². The molecule has 0 aliphatic rings. The molecule has 132 valence electrons. The Hall–Kier alpha value is -2.71. The van der Waals surface area contributed by atoms with E-state index in [4.69, 9.17) is 19.3 Å². The van der Waals surface area contributed by atoms with Crippen molar-refractivity contribution in [1.29, 1.82) is 0 Å². The van der Waals surface area contributed by atoms with E-state index >= 15 is 0 Å². The predicted octanol–water partition coefficient (Wildman–Crippen LogP) is 2.51. The largest absolute Gasteiger partial charge is 0.493 e. The third kappa shape index (κ3) is 2.90. The van der Waals surface area contributed by atoms with Gasteiger partial charge in [0.1, 0.15) is 0 Å². The summed E-state index contributed by atoms with van der Waals surface area (Å²) >= 11 is 0. The van der Waals surface area contributed by atoms with Crippen LogP contribution >= 0.6 is 0 Å². The van der Waals surface area contributed by atoms with Gasteiger partial charge in [-0.3, -0.25) is 0 Å². The van der Waals surface area contributed by atoms with Crippen LogP contribution in [-0.2, 0) is 10.0 Å². The van der Waals surface area contributed by atoms with Crippen LogP contribution in [0.2, 0.25) is 0 Å². The van der Waals surface area contributed by atoms with Gasteiger partial charge in [0.05, 0.1) is 26.2 Å². The fraction of sp³-hybridized carbons (Fsp3) is 0.176. The van der Waals surface area contributed by atoms with Gasteiger partial charge in [-0.15, -0.1) is 0 Å². The predicted molar refractivity (Wildman–Crippen MR) is 94.8 cm³/mol. The molecule has 0 spiro atoms. The van der Waals surface area contributed by atoms with Gasteiger partial charge in [-0.25, -0.2) is 13.6 Å². The van der Waals surface area contributed by atoms with Crippen LogP contribution in [0.5, 0.6) is 17.2 Å². The first-order valence-electron chi connectivity index (χ1n) is 7.34. The number of nitrogens with one attached hydrogen (secondary N) is 1. The third-order valence-electron chi connectivity index (χ3n) is 3.94. The van der Waals surface area contributed by atoms with Crippen molar-refractivity contribution in [2.24, 2.45) is 5.14 Å². The van der Waals surface area contributed by atoms with E-state index in [1.165, 1.54) is 27.4 Å². The summed E-state index contributed by atoms with van der Waals surface area (Å²) in [5, 5.41) is 6.37. The summed E-state index contributed by atoms with van der Waals surface area (Å²) in [6, 6.07) is 8.73. The minimum Gasteiger partial charge on any atom is -0.493 e. The van der Waals surface area contributed by atoms with Crippen molar-refractivity contribution in [3.8, 4) is 28.4 Å². The van der Waals surface area contributed by atoms with E-state index in [1.807, 2.05) is 18.2 Å². The molecular formula is C17H18N2O5S. The van der Waals surface area contributed by atoms with Crippen molar-refractivity contribution in [3.63, 3.8) is 0 Å². The molecule has 2 aromatic carbocycles. The Morgan fingerprint density at radius 1 is 0.960 bits per heavy atom. The Bertz CT molecular complexity index is 1040. The minimum absolute atomic E-state index is 0.100. The first-order valence-corrected chi connectivity index (χ1v) is 8.88. The molecule has 1 heterocycles. The number of rotatable bonds is 5. The average molecular weight is 362 g/mol. The van der Waals surface area contributed by atoms with Crippen LogP contribution in [-0.4, -0.2) is 34.7 Å². The molecule has 0 unspecified atom stereocenters. The van der Waals surface area contributed by atoms with E-state index in [2.05, 4.69) is 4.98 Å². The molecular weight excluding hydrogens is 344 g/mol. The number of methoxy groups -OCH3 is 3. The van der Waals surface area contributed by atoms with Gasteiger partial charge in [-0.1, -0.05) is 6.07 Å². The molecule has 0 aliphatic heterocycles. The van der Waals surface area contributed by atoms with Crippen LogP contribution < -0.4 is 19.3 Å². The highest BCUT2D eigenvalue weighted by molar-refractivity contribution is 7.89. The summed E-state index contributed by atoms with van der Waals surface area (Å²) in [5.74, 6) is 0.747. The smallest absolute Gasteiger partial charge is 0.238 e. The maximum absolute atomic E-state index is 12.2. The standard InChI is InChI=1S/C17H18N2O5S/c1-22-13-9-14(25(18,20)21)15(17(24-3)16(13)23-2)11-4-5-12-10(8-11)6-7-19-12/h4-9,19H,1-3H3,(H2,18,20,21). The first-order chi connectivity index (χ1) is 11.9. The van der Waals surface area contributed by atoms with Gasteiger partial charge in [0.25, 0.3) is 0 Å². The third-order valence-corrected chi connectivity index (χ3v) is 4.88. The van der Waals surface area contributed by atoms with E-state index in [9.17, 15) is 8.42 Å². The van der Waals surface area contributed by atoms with Crippen LogP contribution in [0.3, 0.4) is 0 Å². The van der Waals surface area contributed by atoms with Crippen molar-refractivity contribution in [1.82, 2.24) is 4.98 Å². The van der Waals surface area contributed by atoms with Crippen molar-refractivity contribution in [2.75, 3.05) is 21.3 Å². The highest BCUT2D eigenvalue weighted by Gasteiger charge is 2.27. The molecule has 25 heavy (non-hydrogen) atoms. The average Bonchev–Trinajstić information content (AvgIpc) is 3.06. The van der Waals surface area contributed by atoms with E-state index < -0.39 is 10.0 Å². The molecule has 0 saturated heterocycles. The number of primary sulfonamides is 1. The van der Waals surface area contributed by atoms with Crippen LogP contribution in [0.1, 0.15) is 0 Å². The molecule has 0 amide bonds. The number of aromatic amines is 1. The van der Waals surface area contributed by atoms with Crippen molar-refractivity contribution in [2.45, 2.75) is 4.90 Å². The van der Waals surface area contributed by atoms with Gasteiger partial charge in [0.15, 0.2) is 11.5 Å². The zero-order valence-corrected chi connectivity index (χ0v) is 14.8. The molecule has 7 nitrogen and oxygen atoms in total. The Balaban J connectivity index is 2.43. The minimum atomic E-state index is -4.04. The van der Waals surface area contributed by atoms with Gasteiger partial charge in [-0.05, 0) is 29.1 Å². The fourth-order valence-corrected chi connectivity index (χ4v) is 3.61. The van der Waals surface area contributed by atoms with Gasteiger partial charge >= 0.3 is 0 Å². The normalized spacial score (nSPS) is 11.5. The van der Waals surface area contributed by atoms with Crippen LogP contribution in [0.15, 0.2) is 41.4 Å². The molecule has 0 fully saturated rings. The number of aromatic nitrogens is 1. The van der Waals surface area contributed by atoms with Crippen molar-refractivity contribution >= 4 is 20.9 Å². The van der Waals surface area contributed by atoms with E-state index in [1.54, 1.807) is 12.3 Å². The number of ether oxygens (including phenoxy) is 3. The summed E-state index contributed by atoms with van der Waals surface area (Å²) in [7, 11) is 0.265. The molecule has 3 aromatic rings. The Labute approximate surface area is 145 Å². The number of benzene rings is 2. The maximum atomic E-state index is 12.2. The van der Waals surface area contributed by atoms with Crippen molar-refractivity contribution < 1.29 is 22.6 Å². The number of hydrogen-bond donors (Lipinski definition) is 2. The Morgan fingerprint density at radius 3 is 2.28 bits per heavy atom. The summed E-state index contributed by atoms with van der Waals surface area (Å²) in [4.78, 5) is 2.99. The molecule has 0 aliphatic carbocycles. The number of fused-ring (bicyclic) bond motifs is 1. The highest BCUT2D eigenvalue weighted by atomic mass is 32.2. The lowest BCUT2D eigenvalue weighted by Gasteiger charge is -2.19. The highest BCUT2D eigenvalue weighted by Crippen LogP contribution is 2.48. The second kappa shape index (κ2) is 6.30. The van der Waals surface area contributed by atoms with E-state index in [-0.39, 0.29) is 16.4 Å². The fourth-order valence-electron chi connectivity index (χ4n) is 2.84. The zero-order chi connectivity index (χ0) is 18.2. The molecule has 0 radical (unpaired) electrons. The van der Waals surface area contributed by atoms with Gasteiger partial charge in [0, 0.05) is 23.3 Å². The molecule has 3 rings (SSSR count). The Morgan fingerprint density at radius 2 is 1.68 bits per heavy atom. The lowest BCUT2D eigenvalue weighted by atomic mass is 10.0. The van der Waals surface area contributed by atoms with Crippen molar-refractivity contribution in [3.05, 3.63) is 36.5 Å². The second-order valence-electron chi connectivity index (χ2n) is 5.34. The quantitative estimate of drug-likeness (QED) is 0.726. The van der Waals surface area contributed by atoms with E-state index in [0.717, 1.165) is 10.9 Å². The number of H-pyrrole nitrogens is 1. The first kappa shape index (κ1) is 17.1.